The van der Waals surface area contributed by atoms with Crippen LogP contribution >= 0.6 is 0 Å². The Hall–Kier alpha value is -3.06. The van der Waals surface area contributed by atoms with E-state index >= 15 is 0 Å². The number of ketones is 1. The van der Waals surface area contributed by atoms with Crippen LogP contribution in [0.25, 0.3) is 5.76 Å². The lowest BCUT2D eigenvalue weighted by Crippen LogP contribution is -3.05. The molecule has 0 aromatic heterocycles. The minimum absolute atomic E-state index is 0.132. The van der Waals surface area contributed by atoms with Gasteiger partial charge in [0, 0.05) is 24.1 Å². The van der Waals surface area contributed by atoms with Gasteiger partial charge in [0.25, 0.3) is 11.7 Å². The van der Waals surface area contributed by atoms with Gasteiger partial charge in [-0.1, -0.05) is 18.2 Å². The molecule has 1 amide bonds. The van der Waals surface area contributed by atoms with Crippen LogP contribution in [-0.4, -0.2) is 48.9 Å². The highest BCUT2D eigenvalue weighted by molar-refractivity contribution is 6.46. The first-order valence-corrected chi connectivity index (χ1v) is 9.39. The molecule has 0 radical (unpaired) electrons. The van der Waals surface area contributed by atoms with E-state index in [2.05, 4.69) is 0 Å². The fourth-order valence-electron chi connectivity index (χ4n) is 3.50. The van der Waals surface area contributed by atoms with E-state index in [1.807, 2.05) is 14.1 Å². The summed E-state index contributed by atoms with van der Waals surface area (Å²) in [7, 11) is 3.94. The Morgan fingerprint density at radius 3 is 2.34 bits per heavy atom. The molecule has 1 fully saturated rings. The van der Waals surface area contributed by atoms with Crippen LogP contribution < -0.4 is 4.90 Å². The molecule has 0 bridgehead atoms. The lowest BCUT2D eigenvalue weighted by Gasteiger charge is -2.25. The molecule has 3 rings (SSSR count). The van der Waals surface area contributed by atoms with Crippen LogP contribution in [0.4, 0.5) is 8.78 Å². The van der Waals surface area contributed by atoms with Crippen LogP contribution in [0.5, 0.6) is 0 Å². The monoisotopic (exact) mass is 401 g/mol. The molecule has 29 heavy (non-hydrogen) atoms. The fraction of sp³-hybridized carbons (Fsp3) is 0.273. The molecule has 1 atom stereocenters. The van der Waals surface area contributed by atoms with E-state index in [1.54, 1.807) is 6.07 Å². The second-order valence-corrected chi connectivity index (χ2v) is 7.33. The molecule has 2 N–H and O–H groups in total. The number of likely N-dealkylation sites (tertiary alicyclic amines) is 1. The highest BCUT2D eigenvalue weighted by atomic mass is 19.1. The highest BCUT2D eigenvalue weighted by Gasteiger charge is 2.46. The summed E-state index contributed by atoms with van der Waals surface area (Å²) in [4.78, 5) is 28.0. The molecular formula is C22H23F2N2O3+. The van der Waals surface area contributed by atoms with Gasteiger partial charge >= 0.3 is 0 Å². The molecule has 0 unspecified atom stereocenters. The van der Waals surface area contributed by atoms with Gasteiger partial charge in [-0.2, -0.15) is 0 Å². The molecule has 2 aromatic rings. The smallest absolute Gasteiger partial charge is 0.295 e. The number of nitrogens with zero attached hydrogens (tertiary/aromatic N) is 1. The number of rotatable bonds is 6. The predicted molar refractivity (Wildman–Crippen MR) is 104 cm³/mol. The molecule has 2 aromatic carbocycles. The van der Waals surface area contributed by atoms with Crippen LogP contribution in [0.15, 0.2) is 54.1 Å². The van der Waals surface area contributed by atoms with E-state index in [9.17, 15) is 23.5 Å². The number of aliphatic hydroxyl groups is 1. The van der Waals surface area contributed by atoms with Gasteiger partial charge in [0.1, 0.15) is 17.4 Å². The van der Waals surface area contributed by atoms with Crippen LogP contribution in [0.3, 0.4) is 0 Å². The average molecular weight is 401 g/mol. The number of carbonyl (C=O) groups is 2. The fourth-order valence-corrected chi connectivity index (χ4v) is 3.50. The normalized spacial score (nSPS) is 18.7. The van der Waals surface area contributed by atoms with Crippen LogP contribution in [-0.2, 0) is 9.59 Å². The Morgan fingerprint density at radius 1 is 1.07 bits per heavy atom. The Kier molecular flexibility index (Phi) is 6.08. The zero-order chi connectivity index (χ0) is 21.1. The summed E-state index contributed by atoms with van der Waals surface area (Å²) < 4.78 is 27.9. The van der Waals surface area contributed by atoms with Crippen molar-refractivity contribution in [2.24, 2.45) is 0 Å². The van der Waals surface area contributed by atoms with Gasteiger partial charge in [0.15, 0.2) is 0 Å². The van der Waals surface area contributed by atoms with Gasteiger partial charge in [0.2, 0.25) is 0 Å². The van der Waals surface area contributed by atoms with Crippen molar-refractivity contribution in [3.8, 4) is 0 Å². The molecule has 152 valence electrons. The number of Topliss-reactive ketones (excluding diaryl/α,β-unsaturated/α-hetero) is 1. The number of hydrogen-bond donors (Lipinski definition) is 2. The van der Waals surface area contributed by atoms with Gasteiger partial charge in [-0.3, -0.25) is 9.59 Å². The van der Waals surface area contributed by atoms with Crippen molar-refractivity contribution in [1.29, 1.82) is 0 Å². The number of carbonyl (C=O) groups excluding carboxylic acids is 2. The maximum Gasteiger partial charge on any atom is 0.295 e. The summed E-state index contributed by atoms with van der Waals surface area (Å²) in [5.74, 6) is -3.18. The van der Waals surface area contributed by atoms with Crippen LogP contribution in [0.2, 0.25) is 0 Å². The number of nitrogens with one attached hydrogen (secondary N) is 1. The standard InChI is InChI=1S/C22H22F2N2O3/c1-25(2)12-5-13-26-19(16-6-3-4-7-17(16)24)18(21(28)22(26)29)20(27)14-8-10-15(23)11-9-14/h3-4,6-11,19,27H,5,12-13H2,1-2H3/p+1/t19-/m1/s1. The van der Waals surface area contributed by atoms with Gasteiger partial charge in [-0.05, 0) is 30.3 Å². The number of quaternary nitrogens is 1. The third-order valence-corrected chi connectivity index (χ3v) is 4.93. The first kappa shape index (κ1) is 20.7. The van der Waals surface area contributed by atoms with Crippen molar-refractivity contribution in [2.75, 3.05) is 27.2 Å². The number of hydrogen-bond acceptors (Lipinski definition) is 3. The van der Waals surface area contributed by atoms with E-state index in [1.165, 1.54) is 40.1 Å². The predicted octanol–water partition coefficient (Wildman–Crippen LogP) is 1.92. The molecular weight excluding hydrogens is 378 g/mol. The van der Waals surface area contributed by atoms with Crippen molar-refractivity contribution < 1.29 is 28.4 Å². The third kappa shape index (κ3) is 4.19. The number of amides is 1. The maximum atomic E-state index is 14.6. The Labute approximate surface area is 167 Å². The topological polar surface area (TPSA) is 62.0 Å². The summed E-state index contributed by atoms with van der Waals surface area (Å²) >= 11 is 0. The molecule has 5 nitrogen and oxygen atoms in total. The van der Waals surface area contributed by atoms with Gasteiger partial charge in [0.05, 0.1) is 32.3 Å². The summed E-state index contributed by atoms with van der Waals surface area (Å²) in [6, 6.07) is 9.73. The number of benzene rings is 2. The average Bonchev–Trinajstić information content (AvgIpc) is 2.93. The SMILES string of the molecule is C[NH+](C)CCCN1C(=O)C(=O)C(=C(O)c2ccc(F)cc2)[C@H]1c1ccccc1F. The third-order valence-electron chi connectivity index (χ3n) is 4.93. The van der Waals surface area contributed by atoms with Crippen molar-refractivity contribution >= 4 is 17.4 Å². The molecule has 0 aliphatic carbocycles. The summed E-state index contributed by atoms with van der Waals surface area (Å²) in [5.41, 5.74) is 0.125. The Balaban J connectivity index is 2.11. The molecule has 7 heteroatoms. The van der Waals surface area contributed by atoms with Crippen molar-refractivity contribution in [2.45, 2.75) is 12.5 Å². The zero-order valence-corrected chi connectivity index (χ0v) is 16.3. The summed E-state index contributed by atoms with van der Waals surface area (Å²) in [6.45, 7) is 1.000. The Bertz CT molecular complexity index is 955. The van der Waals surface area contributed by atoms with E-state index in [4.69, 9.17) is 0 Å². The number of halogens is 2. The van der Waals surface area contributed by atoms with E-state index in [0.717, 1.165) is 18.7 Å². The molecule has 0 spiro atoms. The second kappa shape index (κ2) is 8.53. The largest absolute Gasteiger partial charge is 0.507 e. The molecule has 0 saturated carbocycles. The van der Waals surface area contributed by atoms with E-state index < -0.39 is 35.1 Å². The number of aliphatic hydroxyl groups excluding tert-OH is 1. The van der Waals surface area contributed by atoms with Crippen LogP contribution in [0, 0.1) is 11.6 Å². The van der Waals surface area contributed by atoms with Crippen molar-refractivity contribution in [3.05, 3.63) is 76.9 Å². The molecule has 1 aliphatic heterocycles. The molecule has 1 aliphatic rings. The Morgan fingerprint density at radius 2 is 1.72 bits per heavy atom. The highest BCUT2D eigenvalue weighted by Crippen LogP contribution is 2.40. The molecule has 1 heterocycles. The first-order valence-electron chi connectivity index (χ1n) is 9.39. The van der Waals surface area contributed by atoms with Crippen LogP contribution in [0.1, 0.15) is 23.6 Å². The summed E-state index contributed by atoms with van der Waals surface area (Å²) in [6.07, 6.45) is 0.608. The lowest BCUT2D eigenvalue weighted by molar-refractivity contribution is -0.858. The second-order valence-electron chi connectivity index (χ2n) is 7.33. The first-order chi connectivity index (χ1) is 13.8. The summed E-state index contributed by atoms with van der Waals surface area (Å²) in [5, 5.41) is 10.8. The minimum Gasteiger partial charge on any atom is -0.507 e. The minimum atomic E-state index is -1.04. The van der Waals surface area contributed by atoms with Crippen molar-refractivity contribution in [3.63, 3.8) is 0 Å². The van der Waals surface area contributed by atoms with Gasteiger partial charge in [-0.25, -0.2) is 8.78 Å². The van der Waals surface area contributed by atoms with E-state index in [-0.39, 0.29) is 23.2 Å². The van der Waals surface area contributed by atoms with E-state index in [0.29, 0.717) is 6.42 Å². The van der Waals surface area contributed by atoms with Gasteiger partial charge < -0.3 is 14.9 Å². The quantitative estimate of drug-likeness (QED) is 0.442. The molecule has 1 saturated heterocycles. The lowest BCUT2D eigenvalue weighted by atomic mass is 9.95. The maximum absolute atomic E-state index is 14.6. The van der Waals surface area contributed by atoms with Crippen molar-refractivity contribution in [1.82, 2.24) is 4.90 Å². The zero-order valence-electron chi connectivity index (χ0n) is 16.3. The van der Waals surface area contributed by atoms with Gasteiger partial charge in [-0.15, -0.1) is 0 Å².